The van der Waals surface area contributed by atoms with E-state index in [1.54, 1.807) is 0 Å². The standard InChI is InChI=1S/C13H24N2O2/c1-2-7-15(9-10-3-4-10)11-5-6-13(14,8-11)12(16)17/h10-11H,2-9,14H2,1H3,(H,16,17). The van der Waals surface area contributed by atoms with Gasteiger partial charge in [-0.15, -0.1) is 0 Å². The number of hydrogen-bond acceptors (Lipinski definition) is 3. The highest BCUT2D eigenvalue weighted by Crippen LogP contribution is 2.35. The molecule has 0 radical (unpaired) electrons. The third-order valence-corrected chi connectivity index (χ3v) is 4.17. The fraction of sp³-hybridized carbons (Fsp3) is 0.923. The van der Waals surface area contributed by atoms with Gasteiger partial charge in [-0.3, -0.25) is 4.79 Å². The Hall–Kier alpha value is -0.610. The minimum absolute atomic E-state index is 0.386. The number of carboxylic acids is 1. The van der Waals surface area contributed by atoms with Crippen LogP contribution < -0.4 is 5.73 Å². The topological polar surface area (TPSA) is 66.6 Å². The smallest absolute Gasteiger partial charge is 0.323 e. The molecule has 98 valence electrons. The molecule has 2 rings (SSSR count). The predicted octanol–water partition coefficient (Wildman–Crippen LogP) is 1.44. The zero-order valence-corrected chi connectivity index (χ0v) is 10.7. The van der Waals surface area contributed by atoms with E-state index in [1.165, 1.54) is 12.8 Å². The molecule has 3 N–H and O–H groups in total. The molecule has 0 aliphatic heterocycles. The normalized spacial score (nSPS) is 33.2. The SMILES string of the molecule is CCCN(CC1CC1)C1CCC(N)(C(=O)O)C1. The lowest BCUT2D eigenvalue weighted by Gasteiger charge is -2.29. The molecule has 0 bridgehead atoms. The Bertz CT molecular complexity index is 291. The van der Waals surface area contributed by atoms with Crippen LogP contribution in [0.4, 0.5) is 0 Å². The van der Waals surface area contributed by atoms with Crippen LogP contribution in [0.1, 0.15) is 45.4 Å². The zero-order chi connectivity index (χ0) is 12.5. The summed E-state index contributed by atoms with van der Waals surface area (Å²) in [5.74, 6) is 0.0297. The number of carbonyl (C=O) groups is 1. The van der Waals surface area contributed by atoms with Gasteiger partial charge >= 0.3 is 5.97 Å². The van der Waals surface area contributed by atoms with Crippen LogP contribution in [0.15, 0.2) is 0 Å². The van der Waals surface area contributed by atoms with Crippen molar-refractivity contribution >= 4 is 5.97 Å². The molecule has 0 aromatic carbocycles. The molecule has 17 heavy (non-hydrogen) atoms. The summed E-state index contributed by atoms with van der Waals surface area (Å²) in [6.45, 7) is 4.41. The number of nitrogens with zero attached hydrogens (tertiary/aromatic N) is 1. The molecule has 0 aromatic heterocycles. The Morgan fingerprint density at radius 3 is 2.65 bits per heavy atom. The quantitative estimate of drug-likeness (QED) is 0.737. The van der Waals surface area contributed by atoms with Gasteiger partial charge in [0, 0.05) is 12.6 Å². The van der Waals surface area contributed by atoms with Crippen molar-refractivity contribution in [3.05, 3.63) is 0 Å². The van der Waals surface area contributed by atoms with Crippen molar-refractivity contribution in [3.63, 3.8) is 0 Å². The van der Waals surface area contributed by atoms with Gasteiger partial charge in [-0.1, -0.05) is 6.92 Å². The van der Waals surface area contributed by atoms with Crippen LogP contribution in [0.25, 0.3) is 0 Å². The van der Waals surface area contributed by atoms with Crippen LogP contribution in [-0.2, 0) is 4.79 Å². The summed E-state index contributed by atoms with van der Waals surface area (Å²) in [7, 11) is 0. The monoisotopic (exact) mass is 240 g/mol. The van der Waals surface area contributed by atoms with E-state index in [2.05, 4.69) is 11.8 Å². The van der Waals surface area contributed by atoms with Crippen molar-refractivity contribution in [2.24, 2.45) is 11.7 Å². The van der Waals surface area contributed by atoms with Gasteiger partial charge in [0.05, 0.1) is 0 Å². The predicted molar refractivity (Wildman–Crippen MR) is 66.8 cm³/mol. The van der Waals surface area contributed by atoms with Crippen molar-refractivity contribution in [1.82, 2.24) is 4.90 Å². The summed E-state index contributed by atoms with van der Waals surface area (Å²) in [4.78, 5) is 13.6. The van der Waals surface area contributed by atoms with Gasteiger partial charge in [-0.25, -0.2) is 0 Å². The van der Waals surface area contributed by atoms with Crippen LogP contribution in [0.5, 0.6) is 0 Å². The Kier molecular flexibility index (Phi) is 3.73. The molecule has 0 aromatic rings. The molecular weight excluding hydrogens is 216 g/mol. The molecule has 4 heteroatoms. The highest BCUT2D eigenvalue weighted by molar-refractivity contribution is 5.79. The van der Waals surface area contributed by atoms with Gasteiger partial charge < -0.3 is 15.7 Å². The highest BCUT2D eigenvalue weighted by atomic mass is 16.4. The molecular formula is C13H24N2O2. The van der Waals surface area contributed by atoms with E-state index in [1.807, 2.05) is 0 Å². The molecule has 2 atom stereocenters. The first-order chi connectivity index (χ1) is 8.05. The minimum Gasteiger partial charge on any atom is -0.480 e. The fourth-order valence-corrected chi connectivity index (χ4v) is 2.90. The van der Waals surface area contributed by atoms with Gasteiger partial charge in [0.15, 0.2) is 0 Å². The fourth-order valence-electron chi connectivity index (χ4n) is 2.90. The summed E-state index contributed by atoms with van der Waals surface area (Å²) in [5, 5.41) is 9.15. The van der Waals surface area contributed by atoms with Gasteiger partial charge in [0.25, 0.3) is 0 Å². The molecule has 2 fully saturated rings. The average Bonchev–Trinajstić information content (AvgIpc) is 2.99. The van der Waals surface area contributed by atoms with Crippen LogP contribution in [0, 0.1) is 5.92 Å². The number of nitrogens with two attached hydrogens (primary N) is 1. The number of rotatable bonds is 6. The van der Waals surface area contributed by atoms with Gasteiger partial charge in [0.1, 0.15) is 5.54 Å². The molecule has 2 aliphatic carbocycles. The van der Waals surface area contributed by atoms with Crippen molar-refractivity contribution < 1.29 is 9.90 Å². The Morgan fingerprint density at radius 1 is 1.47 bits per heavy atom. The molecule has 0 amide bonds. The molecule has 2 aliphatic rings. The van der Waals surface area contributed by atoms with E-state index in [4.69, 9.17) is 10.8 Å². The van der Waals surface area contributed by atoms with Crippen molar-refractivity contribution in [2.45, 2.75) is 57.0 Å². The largest absolute Gasteiger partial charge is 0.480 e. The third-order valence-electron chi connectivity index (χ3n) is 4.17. The maximum Gasteiger partial charge on any atom is 0.323 e. The summed E-state index contributed by atoms with van der Waals surface area (Å²) in [6, 6.07) is 0.386. The van der Waals surface area contributed by atoms with Crippen LogP contribution in [0.2, 0.25) is 0 Å². The zero-order valence-electron chi connectivity index (χ0n) is 10.7. The van der Waals surface area contributed by atoms with Crippen molar-refractivity contribution in [1.29, 1.82) is 0 Å². The van der Waals surface area contributed by atoms with Crippen molar-refractivity contribution in [2.75, 3.05) is 13.1 Å². The van der Waals surface area contributed by atoms with E-state index >= 15 is 0 Å². The number of aliphatic carboxylic acids is 1. The van der Waals surface area contributed by atoms with E-state index < -0.39 is 11.5 Å². The van der Waals surface area contributed by atoms with E-state index in [9.17, 15) is 4.79 Å². The molecule has 2 saturated carbocycles. The molecule has 0 saturated heterocycles. The summed E-state index contributed by atoms with van der Waals surface area (Å²) < 4.78 is 0. The van der Waals surface area contributed by atoms with Crippen LogP contribution >= 0.6 is 0 Å². The maximum absolute atomic E-state index is 11.1. The lowest BCUT2D eigenvalue weighted by molar-refractivity contribution is -0.143. The van der Waals surface area contributed by atoms with Crippen LogP contribution in [-0.4, -0.2) is 40.6 Å². The molecule has 0 spiro atoms. The molecule has 0 heterocycles. The number of carboxylic acid groups (broad SMARTS) is 1. The molecule has 4 nitrogen and oxygen atoms in total. The van der Waals surface area contributed by atoms with Gasteiger partial charge in [0.2, 0.25) is 0 Å². The van der Waals surface area contributed by atoms with Gasteiger partial charge in [-0.05, 0) is 51.0 Å². The number of hydrogen-bond donors (Lipinski definition) is 2. The second-order valence-electron chi connectivity index (χ2n) is 5.80. The second-order valence-corrected chi connectivity index (χ2v) is 5.80. The maximum atomic E-state index is 11.1. The molecule has 2 unspecified atom stereocenters. The van der Waals surface area contributed by atoms with Crippen LogP contribution in [0.3, 0.4) is 0 Å². The average molecular weight is 240 g/mol. The lowest BCUT2D eigenvalue weighted by atomic mass is 9.99. The minimum atomic E-state index is -0.972. The summed E-state index contributed by atoms with van der Waals surface area (Å²) in [6.07, 6.45) is 6.01. The first-order valence-corrected chi connectivity index (χ1v) is 6.81. The summed E-state index contributed by atoms with van der Waals surface area (Å²) in [5.41, 5.74) is 4.97. The van der Waals surface area contributed by atoms with E-state index in [0.717, 1.165) is 31.8 Å². The summed E-state index contributed by atoms with van der Waals surface area (Å²) >= 11 is 0. The van der Waals surface area contributed by atoms with Gasteiger partial charge in [-0.2, -0.15) is 0 Å². The van der Waals surface area contributed by atoms with Crippen molar-refractivity contribution in [3.8, 4) is 0 Å². The second kappa shape index (κ2) is 4.94. The van der Waals surface area contributed by atoms with E-state index in [0.29, 0.717) is 18.9 Å². The first kappa shape index (κ1) is 12.8. The van der Waals surface area contributed by atoms with E-state index in [-0.39, 0.29) is 0 Å². The first-order valence-electron chi connectivity index (χ1n) is 6.81. The Morgan fingerprint density at radius 2 is 2.18 bits per heavy atom. The Labute approximate surface area is 103 Å². The highest BCUT2D eigenvalue weighted by Gasteiger charge is 2.44. The lowest BCUT2D eigenvalue weighted by Crippen LogP contribution is -2.47. The Balaban J connectivity index is 1.93. The third kappa shape index (κ3) is 2.99.